The summed E-state index contributed by atoms with van der Waals surface area (Å²) < 4.78 is 4.77. The molecule has 0 aromatic carbocycles. The van der Waals surface area contributed by atoms with E-state index in [1.807, 2.05) is 0 Å². The van der Waals surface area contributed by atoms with E-state index in [4.69, 9.17) is 4.74 Å². The summed E-state index contributed by atoms with van der Waals surface area (Å²) in [4.78, 5) is 13.9. The number of hydrogen-bond acceptors (Lipinski definition) is 3. The summed E-state index contributed by atoms with van der Waals surface area (Å²) >= 11 is 1.73. The van der Waals surface area contributed by atoms with Gasteiger partial charge in [-0.05, 0) is 31.4 Å². The van der Waals surface area contributed by atoms with Gasteiger partial charge >= 0.3 is 5.97 Å². The lowest BCUT2D eigenvalue weighted by atomic mass is 10.1. The number of rotatable bonds is 1. The van der Waals surface area contributed by atoms with E-state index in [-0.39, 0.29) is 11.9 Å². The van der Waals surface area contributed by atoms with E-state index in [1.165, 1.54) is 22.4 Å². The molecule has 0 N–H and O–H groups in total. The minimum Gasteiger partial charge on any atom is -0.469 e. The highest BCUT2D eigenvalue weighted by Gasteiger charge is 2.31. The first-order valence-corrected chi connectivity index (χ1v) is 5.21. The van der Waals surface area contributed by atoms with E-state index < -0.39 is 0 Å². The highest BCUT2D eigenvalue weighted by molar-refractivity contribution is 7.12. The summed E-state index contributed by atoms with van der Waals surface area (Å²) in [5, 5.41) is 0. The molecule has 0 aliphatic heterocycles. The summed E-state index contributed by atoms with van der Waals surface area (Å²) in [6.07, 6.45) is 1.95. The van der Waals surface area contributed by atoms with Gasteiger partial charge in [0.1, 0.15) is 0 Å². The van der Waals surface area contributed by atoms with Crippen molar-refractivity contribution in [1.29, 1.82) is 0 Å². The molecule has 0 spiro atoms. The highest BCUT2D eigenvalue weighted by atomic mass is 32.1. The van der Waals surface area contributed by atoms with Crippen LogP contribution in [0.15, 0.2) is 6.07 Å². The molecule has 0 amide bonds. The van der Waals surface area contributed by atoms with Gasteiger partial charge in [-0.1, -0.05) is 0 Å². The normalized spacial score (nSPS) is 20.0. The van der Waals surface area contributed by atoms with Crippen LogP contribution in [-0.4, -0.2) is 13.1 Å². The minimum atomic E-state index is -0.0828. The minimum absolute atomic E-state index is 0.0127. The fourth-order valence-electron chi connectivity index (χ4n) is 1.87. The summed E-state index contributed by atoms with van der Waals surface area (Å²) in [5.74, 6) is -0.0701. The highest BCUT2D eigenvalue weighted by Crippen LogP contribution is 2.39. The molecular formula is C10H12O2S. The third-order valence-electron chi connectivity index (χ3n) is 2.47. The molecule has 1 aromatic rings. The third-order valence-corrected chi connectivity index (χ3v) is 3.68. The Labute approximate surface area is 81.5 Å². The summed E-state index contributed by atoms with van der Waals surface area (Å²) in [7, 11) is 1.46. The van der Waals surface area contributed by atoms with Gasteiger partial charge in [0.2, 0.25) is 0 Å². The second kappa shape index (κ2) is 3.14. The van der Waals surface area contributed by atoms with Crippen molar-refractivity contribution >= 4 is 17.3 Å². The molecule has 0 bridgehead atoms. The fraction of sp³-hybridized carbons (Fsp3) is 0.500. The van der Waals surface area contributed by atoms with E-state index in [1.54, 1.807) is 11.3 Å². The van der Waals surface area contributed by atoms with Crippen LogP contribution in [0.4, 0.5) is 0 Å². The fourth-order valence-corrected chi connectivity index (χ4v) is 3.07. The number of carbonyl (C=O) groups is 1. The molecule has 0 radical (unpaired) electrons. The number of thiophene rings is 1. The van der Waals surface area contributed by atoms with Crippen LogP contribution in [-0.2, 0) is 16.0 Å². The predicted molar refractivity (Wildman–Crippen MR) is 52.1 cm³/mol. The number of esters is 1. The van der Waals surface area contributed by atoms with Crippen molar-refractivity contribution in [3.8, 4) is 0 Å². The Bertz CT molecular complexity index is 341. The summed E-state index contributed by atoms with van der Waals surface area (Å²) in [5.41, 5.74) is 1.35. The average Bonchev–Trinajstić information content (AvgIpc) is 2.61. The molecule has 1 heterocycles. The van der Waals surface area contributed by atoms with Gasteiger partial charge in [0, 0.05) is 9.75 Å². The average molecular weight is 196 g/mol. The Morgan fingerprint density at radius 2 is 2.46 bits per heavy atom. The second-order valence-electron chi connectivity index (χ2n) is 3.36. The number of carbonyl (C=O) groups excluding carboxylic acids is 1. The molecule has 13 heavy (non-hydrogen) atoms. The predicted octanol–water partition coefficient (Wildman–Crippen LogP) is 2.26. The van der Waals surface area contributed by atoms with E-state index in [0.717, 1.165) is 12.8 Å². The van der Waals surface area contributed by atoms with Gasteiger partial charge in [0.15, 0.2) is 0 Å². The number of hydrogen-bond donors (Lipinski definition) is 0. The van der Waals surface area contributed by atoms with Gasteiger partial charge in [0.25, 0.3) is 0 Å². The quantitative estimate of drug-likeness (QED) is 0.644. The number of methoxy groups -OCH3 is 1. The maximum atomic E-state index is 11.4. The molecule has 0 fully saturated rings. The van der Waals surface area contributed by atoms with Crippen LogP contribution >= 0.6 is 11.3 Å². The zero-order chi connectivity index (χ0) is 9.42. The zero-order valence-electron chi connectivity index (χ0n) is 7.79. The van der Waals surface area contributed by atoms with Crippen molar-refractivity contribution in [3.63, 3.8) is 0 Å². The van der Waals surface area contributed by atoms with Crippen LogP contribution < -0.4 is 0 Å². The van der Waals surface area contributed by atoms with Crippen LogP contribution in [0.5, 0.6) is 0 Å². The SMILES string of the molecule is COC(=O)C1CCc2cc(C)sc21. The summed E-state index contributed by atoms with van der Waals surface area (Å²) in [6, 6.07) is 2.18. The molecule has 3 heteroatoms. The van der Waals surface area contributed by atoms with Crippen molar-refractivity contribution in [2.24, 2.45) is 0 Å². The van der Waals surface area contributed by atoms with Crippen LogP contribution in [0.1, 0.15) is 27.7 Å². The van der Waals surface area contributed by atoms with Crippen LogP contribution in [0.2, 0.25) is 0 Å². The second-order valence-corrected chi connectivity index (χ2v) is 4.65. The molecule has 1 aromatic heterocycles. The van der Waals surface area contributed by atoms with Gasteiger partial charge in [-0.25, -0.2) is 0 Å². The molecule has 1 aliphatic rings. The molecule has 1 atom stereocenters. The van der Waals surface area contributed by atoms with E-state index in [9.17, 15) is 4.79 Å². The molecule has 1 aliphatic carbocycles. The maximum Gasteiger partial charge on any atom is 0.313 e. The lowest BCUT2D eigenvalue weighted by Crippen LogP contribution is -2.10. The summed E-state index contributed by atoms with van der Waals surface area (Å²) in [6.45, 7) is 2.08. The first-order chi connectivity index (χ1) is 6.22. The van der Waals surface area contributed by atoms with Gasteiger partial charge < -0.3 is 4.74 Å². The zero-order valence-corrected chi connectivity index (χ0v) is 8.61. The van der Waals surface area contributed by atoms with Gasteiger partial charge in [-0.3, -0.25) is 4.79 Å². The monoisotopic (exact) mass is 196 g/mol. The Kier molecular flexibility index (Phi) is 2.12. The largest absolute Gasteiger partial charge is 0.469 e. The van der Waals surface area contributed by atoms with Crippen molar-refractivity contribution in [2.75, 3.05) is 7.11 Å². The standard InChI is InChI=1S/C10H12O2S/c1-6-5-7-3-4-8(9(7)13-6)10(11)12-2/h5,8H,3-4H2,1-2H3. The third kappa shape index (κ3) is 1.37. The van der Waals surface area contributed by atoms with Crippen LogP contribution in [0.25, 0.3) is 0 Å². The molecular weight excluding hydrogens is 184 g/mol. The van der Waals surface area contributed by atoms with Crippen molar-refractivity contribution in [1.82, 2.24) is 0 Å². The Morgan fingerprint density at radius 3 is 3.15 bits per heavy atom. The molecule has 1 unspecified atom stereocenters. The van der Waals surface area contributed by atoms with Crippen molar-refractivity contribution in [2.45, 2.75) is 25.7 Å². The molecule has 70 valence electrons. The first kappa shape index (κ1) is 8.75. The molecule has 0 saturated carbocycles. The van der Waals surface area contributed by atoms with Crippen molar-refractivity contribution in [3.05, 3.63) is 21.4 Å². The Hall–Kier alpha value is -0.830. The lowest BCUT2D eigenvalue weighted by Gasteiger charge is -2.05. The van der Waals surface area contributed by atoms with E-state index in [0.29, 0.717) is 0 Å². The maximum absolute atomic E-state index is 11.4. The lowest BCUT2D eigenvalue weighted by molar-refractivity contribution is -0.142. The van der Waals surface area contributed by atoms with E-state index >= 15 is 0 Å². The van der Waals surface area contributed by atoms with Gasteiger partial charge in [0.05, 0.1) is 13.0 Å². The van der Waals surface area contributed by atoms with E-state index in [2.05, 4.69) is 13.0 Å². The van der Waals surface area contributed by atoms with Gasteiger partial charge in [-0.15, -0.1) is 11.3 Å². The first-order valence-electron chi connectivity index (χ1n) is 4.39. The van der Waals surface area contributed by atoms with Gasteiger partial charge in [-0.2, -0.15) is 0 Å². The molecule has 2 nitrogen and oxygen atoms in total. The van der Waals surface area contributed by atoms with Crippen LogP contribution in [0, 0.1) is 6.92 Å². The number of aryl methyl sites for hydroxylation is 2. The number of fused-ring (bicyclic) bond motifs is 1. The Balaban J connectivity index is 2.32. The molecule has 0 saturated heterocycles. The number of ether oxygens (including phenoxy) is 1. The smallest absolute Gasteiger partial charge is 0.313 e. The van der Waals surface area contributed by atoms with Crippen molar-refractivity contribution < 1.29 is 9.53 Å². The Morgan fingerprint density at radius 1 is 1.69 bits per heavy atom. The molecule has 2 rings (SSSR count). The topological polar surface area (TPSA) is 26.3 Å². The van der Waals surface area contributed by atoms with Crippen LogP contribution in [0.3, 0.4) is 0 Å².